The van der Waals surface area contributed by atoms with E-state index in [-0.39, 0.29) is 5.82 Å². The first-order chi connectivity index (χ1) is 10.5. The molecule has 0 aliphatic heterocycles. The van der Waals surface area contributed by atoms with E-state index in [1.165, 1.54) is 10.9 Å². The van der Waals surface area contributed by atoms with Crippen LogP contribution in [0.15, 0.2) is 27.7 Å². The first-order valence-electron chi connectivity index (χ1n) is 6.81. The zero-order chi connectivity index (χ0) is 16.1. The van der Waals surface area contributed by atoms with E-state index < -0.39 is 0 Å². The zero-order valence-electron chi connectivity index (χ0n) is 12.7. The van der Waals surface area contributed by atoms with E-state index in [1.54, 1.807) is 30.5 Å². The highest BCUT2D eigenvalue weighted by atomic mass is 79.9. The number of nitrogens with zero attached hydrogens (tertiary/aromatic N) is 2. The number of hydrogen-bond donors (Lipinski definition) is 2. The molecule has 0 saturated heterocycles. The molecule has 0 radical (unpaired) electrons. The monoisotopic (exact) mass is 384 g/mol. The Morgan fingerprint density at radius 3 is 2.68 bits per heavy atom. The Bertz CT molecular complexity index is 684. The van der Waals surface area contributed by atoms with Crippen LogP contribution in [0.1, 0.15) is 21.1 Å². The number of nitrogens with one attached hydrogen (secondary N) is 2. The molecule has 1 aromatic heterocycles. The van der Waals surface area contributed by atoms with E-state index in [1.807, 2.05) is 13.8 Å². The molecular formula is C15H18BrFN4S. The molecule has 0 saturated carbocycles. The third-order valence-electron chi connectivity index (χ3n) is 3.09. The number of halogens is 2. The maximum atomic E-state index is 13.7. The van der Waals surface area contributed by atoms with Gasteiger partial charge in [0.1, 0.15) is 5.82 Å². The molecule has 0 aliphatic rings. The number of aromatic nitrogens is 1. The molecule has 0 amide bonds. The molecule has 0 spiro atoms. The maximum Gasteiger partial charge on any atom is 0.191 e. The van der Waals surface area contributed by atoms with Crippen LogP contribution in [0.25, 0.3) is 0 Å². The van der Waals surface area contributed by atoms with E-state index >= 15 is 0 Å². The molecule has 1 aromatic carbocycles. The molecule has 1 heterocycles. The van der Waals surface area contributed by atoms with Crippen LogP contribution in [0.5, 0.6) is 0 Å². The molecule has 4 nitrogen and oxygen atoms in total. The quantitative estimate of drug-likeness (QED) is 0.626. The third kappa shape index (κ3) is 4.51. The second-order valence-corrected chi connectivity index (χ2v) is 6.96. The van der Waals surface area contributed by atoms with Crippen molar-refractivity contribution in [3.8, 4) is 0 Å². The molecule has 2 rings (SSSR count). The molecule has 7 heteroatoms. The van der Waals surface area contributed by atoms with Crippen LogP contribution in [0.4, 0.5) is 4.39 Å². The average molecular weight is 385 g/mol. The SMILES string of the molecule is CN=C(NCc1cc(Br)ccc1F)NCc1sc(C)nc1C. The molecule has 22 heavy (non-hydrogen) atoms. The van der Waals surface area contributed by atoms with E-state index in [9.17, 15) is 4.39 Å². The molecule has 0 fully saturated rings. The fourth-order valence-corrected chi connectivity index (χ4v) is 3.27. The Kier molecular flexibility index (Phi) is 5.90. The van der Waals surface area contributed by atoms with Gasteiger partial charge >= 0.3 is 0 Å². The highest BCUT2D eigenvalue weighted by Crippen LogP contribution is 2.17. The van der Waals surface area contributed by atoms with Crippen molar-refractivity contribution in [3.63, 3.8) is 0 Å². The van der Waals surface area contributed by atoms with Crippen LogP contribution in [-0.4, -0.2) is 18.0 Å². The van der Waals surface area contributed by atoms with Crippen LogP contribution >= 0.6 is 27.3 Å². The van der Waals surface area contributed by atoms with Crippen LogP contribution in [-0.2, 0) is 13.1 Å². The predicted octanol–water partition coefficient (Wildman–Crippen LogP) is 3.53. The van der Waals surface area contributed by atoms with Gasteiger partial charge in [0.25, 0.3) is 0 Å². The van der Waals surface area contributed by atoms with Gasteiger partial charge in [-0.2, -0.15) is 0 Å². The second kappa shape index (κ2) is 7.69. The predicted molar refractivity (Wildman–Crippen MR) is 92.7 cm³/mol. The average Bonchev–Trinajstić information content (AvgIpc) is 2.80. The van der Waals surface area contributed by atoms with Gasteiger partial charge < -0.3 is 10.6 Å². The van der Waals surface area contributed by atoms with E-state index in [4.69, 9.17) is 0 Å². The summed E-state index contributed by atoms with van der Waals surface area (Å²) in [4.78, 5) is 9.72. The summed E-state index contributed by atoms with van der Waals surface area (Å²) in [5.74, 6) is 0.393. The molecule has 0 unspecified atom stereocenters. The molecule has 0 aliphatic carbocycles. The topological polar surface area (TPSA) is 49.3 Å². The largest absolute Gasteiger partial charge is 0.352 e. The standard InChI is InChI=1S/C15H18BrFN4S/c1-9-14(22-10(2)21-9)8-20-15(18-3)19-7-11-6-12(16)4-5-13(11)17/h4-6H,7-8H2,1-3H3,(H2,18,19,20). The fourth-order valence-electron chi connectivity index (χ4n) is 1.98. The fraction of sp³-hybridized carbons (Fsp3) is 0.333. The van der Waals surface area contributed by atoms with Crippen molar-refractivity contribution in [2.45, 2.75) is 26.9 Å². The minimum Gasteiger partial charge on any atom is -0.352 e. The Labute approximate surface area is 142 Å². The summed E-state index contributed by atoms with van der Waals surface area (Å²) in [5, 5.41) is 7.38. The van der Waals surface area contributed by atoms with E-state index in [2.05, 4.69) is 36.5 Å². The van der Waals surface area contributed by atoms with Crippen molar-refractivity contribution in [1.82, 2.24) is 15.6 Å². The third-order valence-corrected chi connectivity index (χ3v) is 4.66. The number of rotatable bonds is 4. The summed E-state index contributed by atoms with van der Waals surface area (Å²) < 4.78 is 14.6. The molecule has 0 atom stereocenters. The smallest absolute Gasteiger partial charge is 0.191 e. The van der Waals surface area contributed by atoms with Gasteiger partial charge in [-0.05, 0) is 32.0 Å². The second-order valence-electron chi connectivity index (χ2n) is 4.76. The van der Waals surface area contributed by atoms with Crippen molar-refractivity contribution >= 4 is 33.2 Å². The van der Waals surface area contributed by atoms with Gasteiger partial charge in [0, 0.05) is 28.5 Å². The van der Waals surface area contributed by atoms with Crippen molar-refractivity contribution in [3.05, 3.63) is 49.6 Å². The zero-order valence-corrected chi connectivity index (χ0v) is 15.1. The first-order valence-corrected chi connectivity index (χ1v) is 8.42. The van der Waals surface area contributed by atoms with Crippen LogP contribution in [0.2, 0.25) is 0 Å². The molecular weight excluding hydrogens is 367 g/mol. The summed E-state index contributed by atoms with van der Waals surface area (Å²) in [6.45, 7) is 5.00. The van der Waals surface area contributed by atoms with E-state index in [0.29, 0.717) is 24.6 Å². The van der Waals surface area contributed by atoms with Gasteiger partial charge in [0.15, 0.2) is 5.96 Å². The Balaban J connectivity index is 1.93. The van der Waals surface area contributed by atoms with Gasteiger partial charge in [-0.1, -0.05) is 15.9 Å². The van der Waals surface area contributed by atoms with Crippen LogP contribution in [0, 0.1) is 19.7 Å². The Hall–Kier alpha value is -1.47. The lowest BCUT2D eigenvalue weighted by molar-refractivity contribution is 0.604. The van der Waals surface area contributed by atoms with Crippen LogP contribution in [0.3, 0.4) is 0 Å². The normalized spacial score (nSPS) is 11.6. The summed E-state index contributed by atoms with van der Waals surface area (Å²) >= 11 is 5.01. The highest BCUT2D eigenvalue weighted by Gasteiger charge is 2.07. The molecule has 0 bridgehead atoms. The van der Waals surface area contributed by atoms with Crippen molar-refractivity contribution in [1.29, 1.82) is 0 Å². The summed E-state index contributed by atoms with van der Waals surface area (Å²) in [7, 11) is 1.69. The number of thiazole rings is 1. The van der Waals surface area contributed by atoms with Crippen molar-refractivity contribution < 1.29 is 4.39 Å². The van der Waals surface area contributed by atoms with Crippen molar-refractivity contribution in [2.75, 3.05) is 7.05 Å². The highest BCUT2D eigenvalue weighted by molar-refractivity contribution is 9.10. The first kappa shape index (κ1) is 16.9. The van der Waals surface area contributed by atoms with Crippen molar-refractivity contribution in [2.24, 2.45) is 4.99 Å². The number of aryl methyl sites for hydroxylation is 2. The lowest BCUT2D eigenvalue weighted by Crippen LogP contribution is -2.36. The number of aliphatic imine (C=N–C) groups is 1. The number of guanidine groups is 1. The number of benzene rings is 1. The van der Waals surface area contributed by atoms with Gasteiger partial charge in [-0.3, -0.25) is 4.99 Å². The van der Waals surface area contributed by atoms with Gasteiger partial charge in [-0.25, -0.2) is 9.37 Å². The van der Waals surface area contributed by atoms with Gasteiger partial charge in [0.2, 0.25) is 0 Å². The molecule has 2 aromatic rings. The lowest BCUT2D eigenvalue weighted by Gasteiger charge is -2.12. The van der Waals surface area contributed by atoms with Gasteiger partial charge in [0.05, 0.1) is 17.2 Å². The Morgan fingerprint density at radius 2 is 2.05 bits per heavy atom. The minimum absolute atomic E-state index is 0.236. The van der Waals surface area contributed by atoms with E-state index in [0.717, 1.165) is 15.2 Å². The molecule has 2 N–H and O–H groups in total. The van der Waals surface area contributed by atoms with Gasteiger partial charge in [-0.15, -0.1) is 11.3 Å². The lowest BCUT2D eigenvalue weighted by atomic mass is 10.2. The Morgan fingerprint density at radius 1 is 1.32 bits per heavy atom. The summed E-state index contributed by atoms with van der Waals surface area (Å²) in [6, 6.07) is 4.88. The summed E-state index contributed by atoms with van der Waals surface area (Å²) in [6.07, 6.45) is 0. The van der Waals surface area contributed by atoms with Crippen LogP contribution < -0.4 is 10.6 Å². The summed E-state index contributed by atoms with van der Waals surface area (Å²) in [5.41, 5.74) is 1.62. The number of hydrogen-bond acceptors (Lipinski definition) is 3. The molecule has 118 valence electrons. The minimum atomic E-state index is -0.236. The maximum absolute atomic E-state index is 13.7.